The van der Waals surface area contributed by atoms with Crippen molar-refractivity contribution in [2.45, 2.75) is 50.1 Å². The molecule has 0 radical (unpaired) electrons. The molecule has 1 aromatic rings. The summed E-state index contributed by atoms with van der Waals surface area (Å²) in [5.74, 6) is 0.922. The summed E-state index contributed by atoms with van der Waals surface area (Å²) in [5.41, 5.74) is 1.16. The van der Waals surface area contributed by atoms with E-state index in [0.29, 0.717) is 0 Å². The third kappa shape index (κ3) is 3.07. The van der Waals surface area contributed by atoms with Crippen LogP contribution in [0, 0.1) is 0 Å². The molecule has 0 N–H and O–H groups in total. The summed E-state index contributed by atoms with van der Waals surface area (Å²) < 4.78 is 11.5. The number of benzene rings is 1. The van der Waals surface area contributed by atoms with Gasteiger partial charge in [0.2, 0.25) is 0 Å². The highest BCUT2D eigenvalue weighted by atomic mass is 79.9. The molecule has 2 nitrogen and oxygen atoms in total. The van der Waals surface area contributed by atoms with Crippen LogP contribution in [0.1, 0.15) is 44.0 Å². The summed E-state index contributed by atoms with van der Waals surface area (Å²) in [4.78, 5) is 0.237. The first-order chi connectivity index (χ1) is 8.51. The Kier molecular flexibility index (Phi) is 4.33. The van der Waals surface area contributed by atoms with Crippen LogP contribution in [0.5, 0.6) is 5.75 Å². The molecule has 1 heterocycles. The molecule has 0 amide bonds. The summed E-state index contributed by atoms with van der Waals surface area (Å²) in [6, 6.07) is 8.29. The second kappa shape index (κ2) is 5.62. The summed E-state index contributed by atoms with van der Waals surface area (Å²) in [7, 11) is 0. The lowest BCUT2D eigenvalue weighted by atomic mass is 9.93. The molecule has 2 atom stereocenters. The second-order valence-electron chi connectivity index (χ2n) is 5.36. The van der Waals surface area contributed by atoms with E-state index < -0.39 is 0 Å². The molecule has 1 aromatic carbocycles. The maximum atomic E-state index is 5.87. The molecular formula is C15H21BrO2. The molecule has 2 rings (SSSR count). The van der Waals surface area contributed by atoms with E-state index in [0.717, 1.165) is 25.2 Å². The SMILES string of the molecule is CC(C)Oc1ccc(C(Br)C2(C)CCCO2)cc1. The van der Waals surface area contributed by atoms with Crippen molar-refractivity contribution >= 4 is 15.9 Å². The third-order valence-electron chi connectivity index (χ3n) is 3.33. The monoisotopic (exact) mass is 312 g/mol. The molecule has 0 saturated carbocycles. The van der Waals surface area contributed by atoms with Crippen molar-refractivity contribution in [2.24, 2.45) is 0 Å². The first-order valence-electron chi connectivity index (χ1n) is 6.56. The second-order valence-corrected chi connectivity index (χ2v) is 6.28. The number of ether oxygens (including phenoxy) is 2. The molecule has 0 spiro atoms. The summed E-state index contributed by atoms with van der Waals surface area (Å²) in [5, 5.41) is 0. The normalized spacial score (nSPS) is 25.4. The maximum Gasteiger partial charge on any atom is 0.119 e. The maximum absolute atomic E-state index is 5.87. The zero-order chi connectivity index (χ0) is 13.2. The Balaban J connectivity index is 2.09. The minimum absolute atomic E-state index is 0.0829. The van der Waals surface area contributed by atoms with Gasteiger partial charge in [0.25, 0.3) is 0 Å². The zero-order valence-corrected chi connectivity index (χ0v) is 12.9. The van der Waals surface area contributed by atoms with Crippen LogP contribution in [0.2, 0.25) is 0 Å². The average molecular weight is 313 g/mol. The van der Waals surface area contributed by atoms with E-state index in [9.17, 15) is 0 Å². The van der Waals surface area contributed by atoms with Crippen LogP contribution in [0.3, 0.4) is 0 Å². The number of alkyl halides is 1. The van der Waals surface area contributed by atoms with Gasteiger partial charge >= 0.3 is 0 Å². The topological polar surface area (TPSA) is 18.5 Å². The highest BCUT2D eigenvalue weighted by molar-refractivity contribution is 9.09. The van der Waals surface area contributed by atoms with Gasteiger partial charge in [-0.3, -0.25) is 0 Å². The average Bonchev–Trinajstić information content (AvgIpc) is 2.77. The van der Waals surface area contributed by atoms with Crippen molar-refractivity contribution in [2.75, 3.05) is 6.61 Å². The van der Waals surface area contributed by atoms with Crippen LogP contribution in [0.25, 0.3) is 0 Å². The fraction of sp³-hybridized carbons (Fsp3) is 0.600. The Morgan fingerprint density at radius 2 is 1.94 bits per heavy atom. The molecule has 18 heavy (non-hydrogen) atoms. The molecule has 2 unspecified atom stereocenters. The van der Waals surface area contributed by atoms with Crippen LogP contribution in [0.15, 0.2) is 24.3 Å². The largest absolute Gasteiger partial charge is 0.491 e. The van der Waals surface area contributed by atoms with Gasteiger partial charge in [-0.1, -0.05) is 28.1 Å². The smallest absolute Gasteiger partial charge is 0.119 e. The van der Waals surface area contributed by atoms with Crippen LogP contribution in [-0.2, 0) is 4.74 Å². The summed E-state index contributed by atoms with van der Waals surface area (Å²) in [6.45, 7) is 7.12. The van der Waals surface area contributed by atoms with Crippen LogP contribution in [0.4, 0.5) is 0 Å². The van der Waals surface area contributed by atoms with Gasteiger partial charge in [-0.15, -0.1) is 0 Å². The fourth-order valence-electron chi connectivity index (χ4n) is 2.34. The Morgan fingerprint density at radius 3 is 2.44 bits per heavy atom. The van der Waals surface area contributed by atoms with Gasteiger partial charge in [-0.2, -0.15) is 0 Å². The van der Waals surface area contributed by atoms with E-state index in [-0.39, 0.29) is 16.5 Å². The highest BCUT2D eigenvalue weighted by Crippen LogP contribution is 2.43. The first-order valence-corrected chi connectivity index (χ1v) is 7.47. The standard InChI is InChI=1S/C15H21BrO2/c1-11(2)18-13-7-5-12(6-8-13)14(16)15(3)9-4-10-17-15/h5-8,11,14H,4,9-10H2,1-3H3. The predicted octanol–water partition coefficient (Wildman–Crippen LogP) is 4.48. The predicted molar refractivity (Wildman–Crippen MR) is 77.5 cm³/mol. The summed E-state index contributed by atoms with van der Waals surface area (Å²) in [6.07, 6.45) is 2.46. The molecule has 1 fully saturated rings. The molecule has 1 saturated heterocycles. The van der Waals surface area contributed by atoms with Crippen molar-refractivity contribution in [3.05, 3.63) is 29.8 Å². The Morgan fingerprint density at radius 1 is 1.28 bits per heavy atom. The van der Waals surface area contributed by atoms with Crippen molar-refractivity contribution in [1.29, 1.82) is 0 Å². The van der Waals surface area contributed by atoms with Gasteiger partial charge < -0.3 is 9.47 Å². The van der Waals surface area contributed by atoms with Crippen LogP contribution >= 0.6 is 15.9 Å². The Bertz CT molecular complexity index is 380. The molecule has 0 bridgehead atoms. The number of hydrogen-bond acceptors (Lipinski definition) is 2. The molecule has 0 aliphatic carbocycles. The van der Waals surface area contributed by atoms with Gasteiger partial charge in [0.15, 0.2) is 0 Å². The molecule has 3 heteroatoms. The number of hydrogen-bond donors (Lipinski definition) is 0. The van der Waals surface area contributed by atoms with Crippen molar-refractivity contribution < 1.29 is 9.47 Å². The number of rotatable bonds is 4. The Hall–Kier alpha value is -0.540. The molecular weight excluding hydrogens is 292 g/mol. The lowest BCUT2D eigenvalue weighted by Crippen LogP contribution is -2.28. The van der Waals surface area contributed by atoms with Crippen molar-refractivity contribution in [3.8, 4) is 5.75 Å². The molecule has 1 aliphatic rings. The van der Waals surface area contributed by atoms with Gasteiger partial charge in [-0.05, 0) is 51.3 Å². The zero-order valence-electron chi connectivity index (χ0n) is 11.3. The van der Waals surface area contributed by atoms with Crippen molar-refractivity contribution in [3.63, 3.8) is 0 Å². The highest BCUT2D eigenvalue weighted by Gasteiger charge is 2.37. The minimum Gasteiger partial charge on any atom is -0.491 e. The van der Waals surface area contributed by atoms with E-state index in [1.165, 1.54) is 5.56 Å². The summed E-state index contributed by atoms with van der Waals surface area (Å²) >= 11 is 3.78. The fourth-order valence-corrected chi connectivity index (χ4v) is 3.01. The quantitative estimate of drug-likeness (QED) is 0.763. The first kappa shape index (κ1) is 13.9. The molecule has 100 valence electrons. The van der Waals surface area contributed by atoms with Gasteiger partial charge in [0.1, 0.15) is 5.75 Å². The third-order valence-corrected chi connectivity index (χ3v) is 4.83. The van der Waals surface area contributed by atoms with Gasteiger partial charge in [0, 0.05) is 6.61 Å². The van der Waals surface area contributed by atoms with E-state index in [2.05, 4.69) is 35.0 Å². The lowest BCUT2D eigenvalue weighted by Gasteiger charge is -2.29. The van der Waals surface area contributed by atoms with E-state index in [1.54, 1.807) is 0 Å². The van der Waals surface area contributed by atoms with E-state index in [4.69, 9.17) is 9.47 Å². The molecule has 1 aliphatic heterocycles. The van der Waals surface area contributed by atoms with Crippen LogP contribution in [-0.4, -0.2) is 18.3 Å². The van der Waals surface area contributed by atoms with Gasteiger partial charge in [-0.25, -0.2) is 0 Å². The minimum atomic E-state index is -0.0829. The Labute approximate surface area is 118 Å². The van der Waals surface area contributed by atoms with E-state index >= 15 is 0 Å². The number of halogens is 1. The van der Waals surface area contributed by atoms with Crippen molar-refractivity contribution in [1.82, 2.24) is 0 Å². The van der Waals surface area contributed by atoms with Gasteiger partial charge in [0.05, 0.1) is 16.5 Å². The lowest BCUT2D eigenvalue weighted by molar-refractivity contribution is 0.0197. The van der Waals surface area contributed by atoms with E-state index in [1.807, 2.05) is 26.0 Å². The van der Waals surface area contributed by atoms with Crippen LogP contribution < -0.4 is 4.74 Å². The molecule has 0 aromatic heterocycles.